The van der Waals surface area contributed by atoms with Crippen molar-refractivity contribution in [1.82, 2.24) is 4.31 Å². The summed E-state index contributed by atoms with van der Waals surface area (Å²) in [5.41, 5.74) is 6.59. The first-order chi connectivity index (χ1) is 13.4. The van der Waals surface area contributed by atoms with Crippen LogP contribution in [-0.2, 0) is 10.0 Å². The highest BCUT2D eigenvalue weighted by Crippen LogP contribution is 2.42. The Hall–Kier alpha value is -2.21. The molecule has 28 heavy (non-hydrogen) atoms. The summed E-state index contributed by atoms with van der Waals surface area (Å²) < 4.78 is 27.9. The molecule has 2 aromatic carbocycles. The number of hydrogen-bond acceptors (Lipinski definition) is 3. The molecular formula is C23H25NO3S. The molecule has 0 bridgehead atoms. The van der Waals surface area contributed by atoms with Gasteiger partial charge in [-0.15, -0.1) is 0 Å². The highest BCUT2D eigenvalue weighted by Gasteiger charge is 2.39. The number of benzene rings is 2. The Morgan fingerprint density at radius 3 is 2.21 bits per heavy atom. The van der Waals surface area contributed by atoms with E-state index in [1.54, 1.807) is 16.4 Å². The molecule has 2 aromatic rings. The summed E-state index contributed by atoms with van der Waals surface area (Å²) in [5, 5.41) is 9.81. The fraction of sp³-hybridized carbons (Fsp3) is 0.304. The van der Waals surface area contributed by atoms with E-state index in [9.17, 15) is 13.5 Å². The van der Waals surface area contributed by atoms with Crippen molar-refractivity contribution >= 4 is 15.6 Å². The van der Waals surface area contributed by atoms with Crippen LogP contribution in [0.15, 0.2) is 70.6 Å². The van der Waals surface area contributed by atoms with E-state index in [2.05, 4.69) is 37.3 Å². The molecule has 4 rings (SSSR count). The van der Waals surface area contributed by atoms with Crippen LogP contribution in [0.2, 0.25) is 0 Å². The van der Waals surface area contributed by atoms with Gasteiger partial charge in [-0.05, 0) is 54.7 Å². The fourth-order valence-corrected chi connectivity index (χ4v) is 5.54. The fourth-order valence-electron chi connectivity index (χ4n) is 4.11. The van der Waals surface area contributed by atoms with Gasteiger partial charge < -0.3 is 5.11 Å². The molecule has 1 aliphatic heterocycles. The summed E-state index contributed by atoms with van der Waals surface area (Å²) in [6, 6.07) is 15.4. The van der Waals surface area contributed by atoms with E-state index >= 15 is 0 Å². The SMILES string of the molecule is Cc1ccc(C2=C3CN(S(=O)(=O)c4ccc(C)cc4)CC3C(CO)=CC2)cc1. The highest BCUT2D eigenvalue weighted by atomic mass is 32.2. The Labute approximate surface area is 166 Å². The van der Waals surface area contributed by atoms with E-state index in [1.807, 2.05) is 19.1 Å². The third kappa shape index (κ3) is 3.34. The van der Waals surface area contributed by atoms with Crippen LogP contribution in [-0.4, -0.2) is 37.5 Å². The van der Waals surface area contributed by atoms with E-state index in [1.165, 1.54) is 11.1 Å². The quantitative estimate of drug-likeness (QED) is 0.803. The maximum absolute atomic E-state index is 13.2. The van der Waals surface area contributed by atoms with Crippen molar-refractivity contribution in [3.63, 3.8) is 0 Å². The van der Waals surface area contributed by atoms with Gasteiger partial charge in [0, 0.05) is 19.0 Å². The molecule has 0 saturated carbocycles. The number of aryl methyl sites for hydroxylation is 2. The molecule has 1 atom stereocenters. The first kappa shape index (κ1) is 19.1. The second kappa shape index (κ2) is 7.32. The second-order valence-corrected chi connectivity index (χ2v) is 9.61. The number of allylic oxidation sites excluding steroid dienone is 2. The molecule has 0 spiro atoms. The van der Waals surface area contributed by atoms with Crippen molar-refractivity contribution in [3.05, 3.63) is 82.4 Å². The lowest BCUT2D eigenvalue weighted by atomic mass is 9.81. The lowest BCUT2D eigenvalue weighted by Gasteiger charge is -2.23. The minimum atomic E-state index is -3.57. The summed E-state index contributed by atoms with van der Waals surface area (Å²) >= 11 is 0. The van der Waals surface area contributed by atoms with Crippen LogP contribution in [0, 0.1) is 19.8 Å². The number of rotatable bonds is 4. The van der Waals surface area contributed by atoms with Crippen LogP contribution >= 0.6 is 0 Å². The third-order valence-corrected chi connectivity index (χ3v) is 7.62. The molecule has 1 saturated heterocycles. The average Bonchev–Trinajstić information content (AvgIpc) is 3.15. The van der Waals surface area contributed by atoms with Crippen molar-refractivity contribution in [1.29, 1.82) is 0 Å². The summed E-state index contributed by atoms with van der Waals surface area (Å²) in [6.45, 7) is 4.72. The minimum Gasteiger partial charge on any atom is -0.392 e. The van der Waals surface area contributed by atoms with Crippen LogP contribution in [0.1, 0.15) is 23.1 Å². The lowest BCUT2D eigenvalue weighted by Crippen LogP contribution is -2.29. The van der Waals surface area contributed by atoms with Gasteiger partial charge >= 0.3 is 0 Å². The van der Waals surface area contributed by atoms with Gasteiger partial charge in [0.15, 0.2) is 0 Å². The standard InChI is InChI=1S/C23H25NO3S/c1-16-3-7-18(8-4-16)21-12-9-19(15-25)22-13-24(14-23(21)22)28(26,27)20-10-5-17(2)6-11-20/h3-11,22,25H,12-15H2,1-2H3. The average molecular weight is 396 g/mol. The Bertz CT molecular complexity index is 1050. The highest BCUT2D eigenvalue weighted by molar-refractivity contribution is 7.89. The monoisotopic (exact) mass is 395 g/mol. The van der Waals surface area contributed by atoms with E-state index in [0.717, 1.165) is 28.7 Å². The van der Waals surface area contributed by atoms with E-state index in [4.69, 9.17) is 0 Å². The van der Waals surface area contributed by atoms with Gasteiger partial charge in [0.05, 0.1) is 11.5 Å². The normalized spacial score (nSPS) is 20.2. The van der Waals surface area contributed by atoms with Gasteiger partial charge in [0.2, 0.25) is 10.0 Å². The van der Waals surface area contributed by atoms with Gasteiger partial charge in [-0.3, -0.25) is 0 Å². The molecular weight excluding hydrogens is 370 g/mol. The molecule has 2 aliphatic rings. The van der Waals surface area contributed by atoms with Crippen LogP contribution in [0.25, 0.3) is 5.57 Å². The zero-order chi connectivity index (χ0) is 19.9. The molecule has 0 radical (unpaired) electrons. The second-order valence-electron chi connectivity index (χ2n) is 7.67. The Balaban J connectivity index is 1.73. The van der Waals surface area contributed by atoms with Crippen molar-refractivity contribution in [2.45, 2.75) is 25.2 Å². The van der Waals surface area contributed by atoms with Crippen molar-refractivity contribution in [2.75, 3.05) is 19.7 Å². The van der Waals surface area contributed by atoms with Gasteiger partial charge in [-0.25, -0.2) is 8.42 Å². The molecule has 1 heterocycles. The molecule has 1 N–H and O–H groups in total. The number of hydrogen-bond donors (Lipinski definition) is 1. The van der Waals surface area contributed by atoms with Gasteiger partial charge in [0.25, 0.3) is 0 Å². The van der Waals surface area contributed by atoms with Crippen LogP contribution in [0.5, 0.6) is 0 Å². The molecule has 146 valence electrons. The number of aliphatic hydroxyl groups is 1. The topological polar surface area (TPSA) is 57.6 Å². The van der Waals surface area contributed by atoms with Crippen molar-refractivity contribution < 1.29 is 13.5 Å². The Morgan fingerprint density at radius 1 is 1.00 bits per heavy atom. The summed E-state index contributed by atoms with van der Waals surface area (Å²) in [6.07, 6.45) is 2.79. The number of nitrogens with zero attached hydrogens (tertiary/aromatic N) is 1. The van der Waals surface area contributed by atoms with Crippen molar-refractivity contribution in [2.24, 2.45) is 5.92 Å². The van der Waals surface area contributed by atoms with Gasteiger partial charge in [0.1, 0.15) is 0 Å². The zero-order valence-electron chi connectivity index (χ0n) is 16.2. The molecule has 0 amide bonds. The Kier molecular flexibility index (Phi) is 5.00. The van der Waals surface area contributed by atoms with Crippen LogP contribution in [0.4, 0.5) is 0 Å². The number of fused-ring (bicyclic) bond motifs is 1. The number of aliphatic hydroxyl groups excluding tert-OH is 1. The minimum absolute atomic E-state index is 0.0340. The molecule has 1 aliphatic carbocycles. The van der Waals surface area contributed by atoms with Gasteiger partial charge in [-0.2, -0.15) is 4.31 Å². The first-order valence-electron chi connectivity index (χ1n) is 9.55. The van der Waals surface area contributed by atoms with Crippen LogP contribution < -0.4 is 0 Å². The van der Waals surface area contributed by atoms with E-state index < -0.39 is 10.0 Å². The third-order valence-electron chi connectivity index (χ3n) is 5.80. The summed E-state index contributed by atoms with van der Waals surface area (Å²) in [4.78, 5) is 0.323. The smallest absolute Gasteiger partial charge is 0.243 e. The predicted octanol–water partition coefficient (Wildman–Crippen LogP) is 3.70. The predicted molar refractivity (Wildman–Crippen MR) is 111 cm³/mol. The van der Waals surface area contributed by atoms with E-state index in [-0.39, 0.29) is 12.5 Å². The lowest BCUT2D eigenvalue weighted by molar-refractivity contribution is 0.316. The molecule has 0 aromatic heterocycles. The summed E-state index contributed by atoms with van der Waals surface area (Å²) in [7, 11) is -3.57. The molecule has 1 fully saturated rings. The largest absolute Gasteiger partial charge is 0.392 e. The van der Waals surface area contributed by atoms with E-state index in [0.29, 0.717) is 18.0 Å². The maximum Gasteiger partial charge on any atom is 0.243 e. The molecule has 4 nitrogen and oxygen atoms in total. The van der Waals surface area contributed by atoms with Crippen molar-refractivity contribution in [3.8, 4) is 0 Å². The number of sulfonamides is 1. The first-order valence-corrected chi connectivity index (χ1v) is 11.0. The summed E-state index contributed by atoms with van der Waals surface area (Å²) in [5.74, 6) is -0.0460. The zero-order valence-corrected chi connectivity index (χ0v) is 17.0. The van der Waals surface area contributed by atoms with Crippen LogP contribution in [0.3, 0.4) is 0 Å². The molecule has 5 heteroatoms. The Morgan fingerprint density at radius 2 is 1.61 bits per heavy atom. The maximum atomic E-state index is 13.2. The molecule has 1 unspecified atom stereocenters. The van der Waals surface area contributed by atoms with Gasteiger partial charge in [-0.1, -0.05) is 53.6 Å².